The van der Waals surface area contributed by atoms with Crippen molar-refractivity contribution in [2.24, 2.45) is 17.3 Å². The van der Waals surface area contributed by atoms with Crippen LogP contribution in [0.2, 0.25) is 0 Å². The molecule has 0 N–H and O–H groups in total. The summed E-state index contributed by atoms with van der Waals surface area (Å²) in [5, 5.41) is 0. The van der Waals surface area contributed by atoms with Crippen molar-refractivity contribution in [3.05, 3.63) is 18.7 Å². The zero-order chi connectivity index (χ0) is 17.1. The fourth-order valence-corrected chi connectivity index (χ4v) is 5.34. The highest BCUT2D eigenvalue weighted by Crippen LogP contribution is 2.52. The van der Waals surface area contributed by atoms with Crippen LogP contribution < -0.4 is 0 Å². The number of hydrogen-bond acceptors (Lipinski definition) is 2. The third-order valence-electron chi connectivity index (χ3n) is 7.32. The predicted molar refractivity (Wildman–Crippen MR) is 99.0 cm³/mol. The quantitative estimate of drug-likeness (QED) is 0.801. The maximum absolute atomic E-state index is 12.9. The summed E-state index contributed by atoms with van der Waals surface area (Å²) in [6.07, 6.45) is 19.9. The molecule has 4 heteroatoms. The summed E-state index contributed by atoms with van der Waals surface area (Å²) in [6.45, 7) is 3.06. The molecule has 25 heavy (non-hydrogen) atoms. The van der Waals surface area contributed by atoms with Gasteiger partial charge in [-0.15, -0.1) is 0 Å². The summed E-state index contributed by atoms with van der Waals surface area (Å²) in [5.74, 6) is 1.62. The number of carbonyl (C=O) groups is 1. The molecule has 3 aliphatic rings. The molecule has 1 aromatic rings. The molecule has 1 aromatic heterocycles. The molecule has 2 saturated carbocycles. The van der Waals surface area contributed by atoms with Crippen molar-refractivity contribution < 1.29 is 4.79 Å². The Hall–Kier alpha value is -1.32. The molecule has 1 amide bonds. The van der Waals surface area contributed by atoms with Gasteiger partial charge in [0.05, 0.1) is 6.33 Å². The first-order chi connectivity index (χ1) is 12.2. The van der Waals surface area contributed by atoms with Crippen LogP contribution in [-0.4, -0.2) is 33.4 Å². The van der Waals surface area contributed by atoms with E-state index in [0.29, 0.717) is 17.2 Å². The van der Waals surface area contributed by atoms with Gasteiger partial charge in [0.25, 0.3) is 0 Å². The molecular formula is C21H33N3O. The SMILES string of the molecule is O=C(C1CCC2(CCC2)CC1)N1CCC(CCCn2ccnc2)CC1. The number of aromatic nitrogens is 2. The van der Waals surface area contributed by atoms with Gasteiger partial charge in [-0.1, -0.05) is 6.42 Å². The topological polar surface area (TPSA) is 38.1 Å². The summed E-state index contributed by atoms with van der Waals surface area (Å²) < 4.78 is 2.16. The zero-order valence-corrected chi connectivity index (χ0v) is 15.5. The maximum atomic E-state index is 12.9. The minimum Gasteiger partial charge on any atom is -0.342 e. The third-order valence-corrected chi connectivity index (χ3v) is 7.32. The largest absolute Gasteiger partial charge is 0.342 e. The van der Waals surface area contributed by atoms with Crippen LogP contribution in [0.4, 0.5) is 0 Å². The van der Waals surface area contributed by atoms with Crippen molar-refractivity contribution in [1.29, 1.82) is 0 Å². The normalized spacial score (nSPS) is 24.4. The number of amides is 1. The highest BCUT2D eigenvalue weighted by molar-refractivity contribution is 5.79. The van der Waals surface area contributed by atoms with E-state index in [1.807, 2.05) is 18.7 Å². The van der Waals surface area contributed by atoms with Crippen molar-refractivity contribution in [3.8, 4) is 0 Å². The molecule has 4 nitrogen and oxygen atoms in total. The Bertz CT molecular complexity index is 546. The molecule has 1 spiro atoms. The molecule has 2 aliphatic carbocycles. The van der Waals surface area contributed by atoms with Gasteiger partial charge >= 0.3 is 0 Å². The van der Waals surface area contributed by atoms with Gasteiger partial charge in [-0.3, -0.25) is 4.79 Å². The van der Waals surface area contributed by atoms with Gasteiger partial charge in [0.2, 0.25) is 5.91 Å². The van der Waals surface area contributed by atoms with Gasteiger partial charge in [-0.05, 0) is 75.5 Å². The molecular weight excluding hydrogens is 310 g/mol. The molecule has 1 aliphatic heterocycles. The van der Waals surface area contributed by atoms with Crippen molar-refractivity contribution in [1.82, 2.24) is 14.5 Å². The van der Waals surface area contributed by atoms with E-state index in [1.165, 1.54) is 57.8 Å². The van der Waals surface area contributed by atoms with Crippen LogP contribution in [0.1, 0.15) is 70.6 Å². The summed E-state index contributed by atoms with van der Waals surface area (Å²) in [7, 11) is 0. The van der Waals surface area contributed by atoms with Crippen LogP contribution in [0.25, 0.3) is 0 Å². The van der Waals surface area contributed by atoms with Crippen LogP contribution in [0.15, 0.2) is 18.7 Å². The van der Waals surface area contributed by atoms with Gasteiger partial charge < -0.3 is 9.47 Å². The lowest BCUT2D eigenvalue weighted by Crippen LogP contribution is -2.44. The van der Waals surface area contributed by atoms with E-state index < -0.39 is 0 Å². The van der Waals surface area contributed by atoms with E-state index in [9.17, 15) is 4.79 Å². The smallest absolute Gasteiger partial charge is 0.225 e. The molecule has 138 valence electrons. The van der Waals surface area contributed by atoms with E-state index in [1.54, 1.807) is 0 Å². The van der Waals surface area contributed by atoms with Gasteiger partial charge in [-0.25, -0.2) is 4.98 Å². The third kappa shape index (κ3) is 3.93. The van der Waals surface area contributed by atoms with E-state index in [4.69, 9.17) is 0 Å². The van der Waals surface area contributed by atoms with Crippen LogP contribution in [0.3, 0.4) is 0 Å². The van der Waals surface area contributed by atoms with Gasteiger partial charge in [0.15, 0.2) is 0 Å². The molecule has 0 radical (unpaired) electrons. The Kier molecular flexibility index (Phi) is 5.14. The highest BCUT2D eigenvalue weighted by Gasteiger charge is 2.42. The van der Waals surface area contributed by atoms with Crippen molar-refractivity contribution in [2.45, 2.75) is 77.2 Å². The minimum absolute atomic E-state index is 0.337. The first-order valence-electron chi connectivity index (χ1n) is 10.5. The summed E-state index contributed by atoms with van der Waals surface area (Å²) >= 11 is 0. The molecule has 1 saturated heterocycles. The van der Waals surface area contributed by atoms with Crippen molar-refractivity contribution in [2.75, 3.05) is 13.1 Å². The predicted octanol–water partition coefficient (Wildman–Crippen LogP) is 4.26. The lowest BCUT2D eigenvalue weighted by atomic mass is 9.59. The summed E-state index contributed by atoms with van der Waals surface area (Å²) in [4.78, 5) is 19.2. The number of aryl methyl sites for hydroxylation is 1. The first-order valence-corrected chi connectivity index (χ1v) is 10.5. The standard InChI is InChI=1S/C21H33N3O/c25-20(19-4-10-21(11-5-19)8-2-9-21)24-14-6-18(7-15-24)3-1-13-23-16-12-22-17-23/h12,16-19H,1-11,13-15H2. The number of hydrogen-bond donors (Lipinski definition) is 0. The average molecular weight is 344 g/mol. The molecule has 4 rings (SSSR count). The van der Waals surface area contributed by atoms with Crippen molar-refractivity contribution in [3.63, 3.8) is 0 Å². The Balaban J connectivity index is 1.16. The van der Waals surface area contributed by atoms with E-state index in [0.717, 1.165) is 38.4 Å². The van der Waals surface area contributed by atoms with Crippen LogP contribution in [0.5, 0.6) is 0 Å². The molecule has 0 unspecified atom stereocenters. The fraction of sp³-hybridized carbons (Fsp3) is 0.810. The monoisotopic (exact) mass is 343 g/mol. The van der Waals surface area contributed by atoms with Gasteiger partial charge in [-0.2, -0.15) is 0 Å². The second-order valence-corrected chi connectivity index (χ2v) is 8.84. The lowest BCUT2D eigenvalue weighted by molar-refractivity contribution is -0.139. The Morgan fingerprint density at radius 1 is 1.08 bits per heavy atom. The van der Waals surface area contributed by atoms with Gasteiger partial charge in [0, 0.05) is 37.9 Å². The number of rotatable bonds is 5. The molecule has 2 heterocycles. The Morgan fingerprint density at radius 3 is 2.44 bits per heavy atom. The van der Waals surface area contributed by atoms with Crippen molar-refractivity contribution >= 4 is 5.91 Å². The number of nitrogens with zero attached hydrogens (tertiary/aromatic N) is 3. The number of carbonyl (C=O) groups excluding carboxylic acids is 1. The number of piperidine rings is 1. The number of imidazole rings is 1. The van der Waals surface area contributed by atoms with Gasteiger partial charge in [0.1, 0.15) is 0 Å². The molecule has 0 aromatic carbocycles. The second-order valence-electron chi connectivity index (χ2n) is 8.84. The zero-order valence-electron chi connectivity index (χ0n) is 15.5. The number of likely N-dealkylation sites (tertiary alicyclic amines) is 1. The average Bonchev–Trinajstić information content (AvgIpc) is 3.14. The van der Waals surface area contributed by atoms with E-state index >= 15 is 0 Å². The fourth-order valence-electron chi connectivity index (χ4n) is 5.34. The minimum atomic E-state index is 0.337. The first kappa shape index (κ1) is 17.1. The second kappa shape index (κ2) is 7.51. The van der Waals surface area contributed by atoms with E-state index in [-0.39, 0.29) is 0 Å². The molecule has 0 atom stereocenters. The highest BCUT2D eigenvalue weighted by atomic mass is 16.2. The molecule has 0 bridgehead atoms. The Morgan fingerprint density at radius 2 is 1.84 bits per heavy atom. The van der Waals surface area contributed by atoms with Crippen LogP contribution in [0, 0.1) is 17.3 Å². The lowest BCUT2D eigenvalue weighted by Gasteiger charge is -2.47. The maximum Gasteiger partial charge on any atom is 0.225 e. The van der Waals surface area contributed by atoms with E-state index in [2.05, 4.69) is 14.5 Å². The molecule has 3 fully saturated rings. The Labute approximate surface area is 152 Å². The van der Waals surface area contributed by atoms with Crippen LogP contribution in [-0.2, 0) is 11.3 Å². The van der Waals surface area contributed by atoms with Crippen LogP contribution >= 0.6 is 0 Å². The summed E-state index contributed by atoms with van der Waals surface area (Å²) in [6, 6.07) is 0. The summed E-state index contributed by atoms with van der Waals surface area (Å²) in [5.41, 5.74) is 0.666.